The van der Waals surface area contributed by atoms with Crippen molar-refractivity contribution in [3.63, 3.8) is 0 Å². The first-order valence-corrected chi connectivity index (χ1v) is 30.0. The maximum absolute atomic E-state index is 11.2. The van der Waals surface area contributed by atoms with Crippen LogP contribution in [0.5, 0.6) is 0 Å². The van der Waals surface area contributed by atoms with E-state index in [1.165, 1.54) is 197 Å². The smallest absolute Gasteiger partial charge is 0.744 e. The Morgan fingerprint density at radius 1 is 0.319 bits per heavy atom. The molecule has 0 aromatic heterocycles. The summed E-state index contributed by atoms with van der Waals surface area (Å²) in [4.78, 5) is -0.303. The van der Waals surface area contributed by atoms with Crippen LogP contribution >= 0.6 is 0 Å². The number of hydrogen-bond acceptors (Lipinski definition) is 9. The molecule has 0 spiro atoms. The van der Waals surface area contributed by atoms with E-state index >= 15 is 0 Å². The average molecular weight is 1050 g/mol. The van der Waals surface area contributed by atoms with Crippen LogP contribution in [0.15, 0.2) is 87.5 Å². The predicted octanol–water partition coefficient (Wildman–Crippen LogP) is 6.17. The van der Waals surface area contributed by atoms with Crippen LogP contribution in [0.2, 0.25) is 0 Å². The molecule has 0 heterocycles. The van der Waals surface area contributed by atoms with Gasteiger partial charge in [0.1, 0.15) is 30.4 Å². The summed E-state index contributed by atoms with van der Waals surface area (Å²) in [5.41, 5.74) is 2.71. The van der Waals surface area contributed by atoms with Crippen molar-refractivity contribution in [1.29, 1.82) is 0 Å². The zero-order valence-electron chi connectivity index (χ0n) is 44.2. The molecule has 69 heavy (non-hydrogen) atoms. The number of benzene rings is 3. The fourth-order valence-corrected chi connectivity index (χ4v) is 9.82. The van der Waals surface area contributed by atoms with Crippen molar-refractivity contribution in [2.45, 2.75) is 247 Å². The molecule has 3 rings (SSSR count). The Morgan fingerprint density at radius 2 is 0.652 bits per heavy atom. The normalized spacial score (nSPS) is 11.2. The van der Waals surface area contributed by atoms with E-state index in [1.54, 1.807) is 36.4 Å². The third kappa shape index (κ3) is 41.3. The molecule has 0 aliphatic heterocycles. The van der Waals surface area contributed by atoms with Crippen molar-refractivity contribution in [1.82, 2.24) is 0 Å². The van der Waals surface area contributed by atoms with Crippen molar-refractivity contribution < 1.29 is 128 Å². The molecule has 0 saturated heterocycles. The number of aryl methyl sites for hydroxylation is 3. The van der Waals surface area contributed by atoms with Gasteiger partial charge in [-0.1, -0.05) is 237 Å². The van der Waals surface area contributed by atoms with Crippen molar-refractivity contribution in [3.05, 3.63) is 89.5 Å². The molecule has 3 aromatic carbocycles. The van der Waals surface area contributed by atoms with Gasteiger partial charge >= 0.3 is 88.7 Å². The predicted molar refractivity (Wildman–Crippen MR) is 270 cm³/mol. The molecule has 0 atom stereocenters. The van der Waals surface area contributed by atoms with E-state index in [4.69, 9.17) is 0 Å². The molecular weight excluding hydrogens is 958 g/mol. The molecule has 15 heteroatoms. The molecule has 0 bridgehead atoms. The summed E-state index contributed by atoms with van der Waals surface area (Å²) in [5, 5.41) is 0. The summed E-state index contributed by atoms with van der Waals surface area (Å²) >= 11 is 0. The summed E-state index contributed by atoms with van der Waals surface area (Å²) in [6.07, 6.45) is 40.9. The standard InChI is InChI=1S/3C18H30O3S.3Na/c1-2-3-4-5-6-7-8-9-10-11-14-17-15-12-13-16-18(17)22(19,20)21;1-2-3-4-5-6-7-8-9-10-11-13-17-14-12-15-18(16-17)22(19,20)21;1-2-3-4-5-6-7-8-9-10-11-12-17-13-15-18(16-14-17)22(19,20)21;;;/h12-13,15-16H,2-11,14H2,1H3,(H,19,20,21);12,14-16H,2-11,13H2,1H3,(H,19,20,21);13-16H,2-12H2,1H3,(H,19,20,21);;;/q;;;3*+1/p-3. The molecule has 0 aliphatic rings. The van der Waals surface area contributed by atoms with Crippen molar-refractivity contribution in [3.8, 4) is 0 Å². The monoisotopic (exact) mass is 1040 g/mol. The van der Waals surface area contributed by atoms with Crippen LogP contribution in [0.1, 0.15) is 230 Å². The van der Waals surface area contributed by atoms with Crippen LogP contribution in [0.4, 0.5) is 0 Å². The largest absolute Gasteiger partial charge is 1.00 e. The van der Waals surface area contributed by atoms with Crippen molar-refractivity contribution in [2.75, 3.05) is 0 Å². The van der Waals surface area contributed by atoms with Crippen LogP contribution < -0.4 is 88.7 Å². The molecule has 0 radical (unpaired) electrons. The Balaban J connectivity index is -0.000000927. The van der Waals surface area contributed by atoms with E-state index in [2.05, 4.69) is 20.8 Å². The first kappa shape index (κ1) is 73.6. The van der Waals surface area contributed by atoms with Crippen molar-refractivity contribution in [2.24, 2.45) is 0 Å². The molecule has 0 unspecified atom stereocenters. The minimum atomic E-state index is -4.35. The van der Waals surface area contributed by atoms with Crippen LogP contribution in [0, 0.1) is 0 Å². The SMILES string of the molecule is CCCCCCCCCCCCc1ccc(S(=O)(=O)[O-])cc1.CCCCCCCCCCCCc1cccc(S(=O)(=O)[O-])c1.CCCCCCCCCCCCc1ccccc1S(=O)(=O)[O-].[Na+].[Na+].[Na+]. The van der Waals surface area contributed by atoms with Gasteiger partial charge in [0.05, 0.1) is 14.7 Å². The molecule has 3 aromatic rings. The second-order valence-electron chi connectivity index (χ2n) is 18.1. The van der Waals surface area contributed by atoms with Gasteiger partial charge in [-0.25, -0.2) is 25.3 Å². The van der Waals surface area contributed by atoms with E-state index in [0.29, 0.717) is 12.0 Å². The molecule has 0 saturated carbocycles. The van der Waals surface area contributed by atoms with E-state index < -0.39 is 30.4 Å². The van der Waals surface area contributed by atoms with Gasteiger partial charge in [-0.2, -0.15) is 0 Å². The summed E-state index contributed by atoms with van der Waals surface area (Å²) in [7, 11) is -13.0. The van der Waals surface area contributed by atoms with Gasteiger partial charge in [-0.3, -0.25) is 0 Å². The fraction of sp³-hybridized carbons (Fsp3) is 0.667. The van der Waals surface area contributed by atoms with Crippen LogP contribution in [0.25, 0.3) is 0 Å². The summed E-state index contributed by atoms with van der Waals surface area (Å²) < 4.78 is 99.0. The first-order chi connectivity index (χ1) is 31.6. The Morgan fingerprint density at radius 3 is 1.01 bits per heavy atom. The van der Waals surface area contributed by atoms with Crippen LogP contribution in [-0.2, 0) is 49.6 Å². The van der Waals surface area contributed by atoms with Gasteiger partial charge in [-0.05, 0) is 85.5 Å². The van der Waals surface area contributed by atoms with Gasteiger partial charge < -0.3 is 13.7 Å². The number of unbranched alkanes of at least 4 members (excludes halogenated alkanes) is 27. The second kappa shape index (κ2) is 46.9. The van der Waals surface area contributed by atoms with Crippen LogP contribution in [0.3, 0.4) is 0 Å². The number of hydrogen-bond donors (Lipinski definition) is 0. The zero-order valence-corrected chi connectivity index (χ0v) is 52.6. The summed E-state index contributed by atoms with van der Waals surface area (Å²) in [6.45, 7) is 6.71. The molecule has 0 amide bonds. The third-order valence-electron chi connectivity index (χ3n) is 12.1. The molecule has 0 aliphatic carbocycles. The molecule has 0 fully saturated rings. The van der Waals surface area contributed by atoms with Gasteiger partial charge in [0.15, 0.2) is 0 Å². The summed E-state index contributed by atoms with van der Waals surface area (Å²) in [6, 6.07) is 19.3. The Kier molecular flexibility index (Phi) is 50.0. The van der Waals surface area contributed by atoms with E-state index in [9.17, 15) is 38.9 Å². The molecule has 378 valence electrons. The van der Waals surface area contributed by atoms with E-state index in [1.807, 2.05) is 6.07 Å². The Bertz CT molecular complexity index is 1980. The topological polar surface area (TPSA) is 172 Å². The Labute approximate surface area is 489 Å². The first-order valence-electron chi connectivity index (χ1n) is 25.8. The van der Waals surface area contributed by atoms with Crippen molar-refractivity contribution >= 4 is 30.4 Å². The van der Waals surface area contributed by atoms with Gasteiger partial charge in [0, 0.05) is 0 Å². The van der Waals surface area contributed by atoms with Crippen LogP contribution in [-0.4, -0.2) is 38.9 Å². The average Bonchev–Trinajstić information content (AvgIpc) is 3.28. The van der Waals surface area contributed by atoms with Gasteiger partial charge in [0.25, 0.3) is 0 Å². The molecule has 0 N–H and O–H groups in total. The van der Waals surface area contributed by atoms with E-state index in [0.717, 1.165) is 49.7 Å². The summed E-state index contributed by atoms with van der Waals surface area (Å²) in [5.74, 6) is 0. The second-order valence-corrected chi connectivity index (χ2v) is 22.2. The zero-order chi connectivity index (χ0) is 48.8. The van der Waals surface area contributed by atoms with E-state index in [-0.39, 0.29) is 103 Å². The molecular formula is C54H87Na3O9S3. The molecule has 9 nitrogen and oxygen atoms in total. The van der Waals surface area contributed by atoms with Gasteiger partial charge in [0.2, 0.25) is 0 Å². The maximum atomic E-state index is 11.2. The fourth-order valence-electron chi connectivity index (χ4n) is 8.07. The maximum Gasteiger partial charge on any atom is 1.00 e. The third-order valence-corrected chi connectivity index (χ3v) is 14.7. The minimum Gasteiger partial charge on any atom is -0.744 e. The van der Waals surface area contributed by atoms with Gasteiger partial charge in [-0.15, -0.1) is 0 Å². The number of rotatable bonds is 36. The quantitative estimate of drug-likeness (QED) is 0.0375. The minimum absolute atomic E-state index is 0. The Hall–Kier alpha value is 0.390.